The molecule has 1 atom stereocenters. The average Bonchev–Trinajstić information content (AvgIpc) is 3.35. The van der Waals surface area contributed by atoms with Gasteiger partial charge in [0.2, 0.25) is 5.69 Å². The van der Waals surface area contributed by atoms with Crippen molar-refractivity contribution in [2.45, 2.75) is 100 Å². The molecule has 0 aliphatic carbocycles. The highest BCUT2D eigenvalue weighted by Crippen LogP contribution is 2.51. The summed E-state index contributed by atoms with van der Waals surface area (Å²) in [5.74, 6) is 0. The Balaban J connectivity index is 1.71. The van der Waals surface area contributed by atoms with E-state index in [1.54, 1.807) is 24.3 Å². The molecule has 1 unspecified atom stereocenters. The normalized spacial score (nSPS) is 20.3. The average molecular weight is 685 g/mol. The maximum atomic E-state index is 12.1. The van der Waals surface area contributed by atoms with Crippen LogP contribution in [-0.2, 0) is 31.1 Å². The third-order valence-electron chi connectivity index (χ3n) is 9.42. The lowest BCUT2D eigenvalue weighted by Crippen LogP contribution is -2.29. The SMILES string of the molecule is CCCN1C(=CC=CC=CC2=[N+](CCC)c3ccc(S(=O)(=O)O)cc3C2(C)C)C(C)(CCCCCCN)c2cc(S(=O)(=O)O)ccc21. The molecule has 0 saturated heterocycles. The second-order valence-corrected chi connectivity index (χ2v) is 16.0. The summed E-state index contributed by atoms with van der Waals surface area (Å²) in [6.45, 7) is 12.7. The first-order chi connectivity index (χ1) is 22.1. The molecule has 0 saturated carbocycles. The van der Waals surface area contributed by atoms with Crippen molar-refractivity contribution in [1.29, 1.82) is 0 Å². The minimum atomic E-state index is -4.36. The fourth-order valence-corrected chi connectivity index (χ4v) is 8.05. The van der Waals surface area contributed by atoms with Crippen LogP contribution in [0.25, 0.3) is 0 Å². The monoisotopic (exact) mass is 684 g/mol. The molecule has 0 aromatic heterocycles. The van der Waals surface area contributed by atoms with Crippen LogP contribution in [0.5, 0.6) is 0 Å². The molecule has 0 bridgehead atoms. The van der Waals surface area contributed by atoms with Crippen molar-refractivity contribution in [3.8, 4) is 0 Å². The van der Waals surface area contributed by atoms with E-state index < -0.39 is 31.1 Å². The van der Waals surface area contributed by atoms with Crippen LogP contribution in [0.3, 0.4) is 0 Å². The highest BCUT2D eigenvalue weighted by atomic mass is 32.2. The van der Waals surface area contributed by atoms with E-state index in [1.807, 2.05) is 18.2 Å². The van der Waals surface area contributed by atoms with Gasteiger partial charge in [-0.3, -0.25) is 9.11 Å². The highest BCUT2D eigenvalue weighted by Gasteiger charge is 2.45. The number of anilines is 1. The van der Waals surface area contributed by atoms with Crippen molar-refractivity contribution in [1.82, 2.24) is 0 Å². The van der Waals surface area contributed by atoms with Crippen LogP contribution in [-0.4, -0.2) is 55.9 Å². The number of hydrogen-bond donors (Lipinski definition) is 3. The number of hydrogen-bond acceptors (Lipinski definition) is 6. The number of fused-ring (bicyclic) bond motifs is 2. The van der Waals surface area contributed by atoms with Gasteiger partial charge >= 0.3 is 0 Å². The summed E-state index contributed by atoms with van der Waals surface area (Å²) in [5.41, 5.74) is 10.5. The lowest BCUT2D eigenvalue weighted by atomic mass is 9.77. The van der Waals surface area contributed by atoms with E-state index in [0.717, 1.165) is 91.9 Å². The molecule has 0 spiro atoms. The third-order valence-corrected chi connectivity index (χ3v) is 11.1. The van der Waals surface area contributed by atoms with E-state index in [1.165, 1.54) is 12.1 Å². The zero-order chi connectivity index (χ0) is 34.6. The van der Waals surface area contributed by atoms with Crippen molar-refractivity contribution >= 4 is 37.3 Å². The third kappa shape index (κ3) is 7.65. The minimum Gasteiger partial charge on any atom is -0.344 e. The van der Waals surface area contributed by atoms with Gasteiger partial charge in [0, 0.05) is 47.5 Å². The Morgan fingerprint density at radius 2 is 1.47 bits per heavy atom. The first-order valence-electron chi connectivity index (χ1n) is 16.5. The topological polar surface area (TPSA) is 141 Å². The van der Waals surface area contributed by atoms with E-state index in [-0.39, 0.29) is 9.79 Å². The van der Waals surface area contributed by atoms with Gasteiger partial charge in [-0.25, -0.2) is 0 Å². The number of allylic oxidation sites excluding steroid dienone is 6. The van der Waals surface area contributed by atoms with E-state index >= 15 is 0 Å². The van der Waals surface area contributed by atoms with Gasteiger partial charge in [0.1, 0.15) is 6.54 Å². The standard InChI is InChI=1S/C36H49N3O6S2/c1-6-23-38-31-19-17-27(46(40,41)42)25-29(31)35(3,4)33(38)15-11-10-12-16-34-36(5,21-13-8-9-14-22-37)30-26-28(47(43,44)45)18-20-32(30)39(34)24-7-2/h10-12,15-20,25-26H,6-9,13-14,21-24,37H2,1-5H3,(H-,40,41,42,43,44,45)/p+1. The summed E-state index contributed by atoms with van der Waals surface area (Å²) in [6.07, 6.45) is 16.7. The van der Waals surface area contributed by atoms with Gasteiger partial charge in [-0.15, -0.1) is 0 Å². The zero-order valence-electron chi connectivity index (χ0n) is 28.2. The van der Waals surface area contributed by atoms with E-state index in [4.69, 9.17) is 5.73 Å². The van der Waals surface area contributed by atoms with Crippen molar-refractivity contribution in [2.24, 2.45) is 5.73 Å². The summed E-state index contributed by atoms with van der Waals surface area (Å²) in [5, 5.41) is 0. The molecular weight excluding hydrogens is 635 g/mol. The number of rotatable bonds is 15. The quantitative estimate of drug-likeness (QED) is 0.0784. The summed E-state index contributed by atoms with van der Waals surface area (Å²) in [6, 6.07) is 9.68. The Morgan fingerprint density at radius 1 is 0.830 bits per heavy atom. The highest BCUT2D eigenvalue weighted by molar-refractivity contribution is 7.86. The number of nitrogens with two attached hydrogens (primary N) is 1. The maximum Gasteiger partial charge on any atom is 0.294 e. The van der Waals surface area contributed by atoms with Gasteiger partial charge in [-0.1, -0.05) is 51.3 Å². The first kappa shape index (κ1) is 36.7. The second kappa shape index (κ2) is 14.6. The van der Waals surface area contributed by atoms with Crippen LogP contribution in [0.15, 0.2) is 82.3 Å². The van der Waals surface area contributed by atoms with Gasteiger partial charge in [0.05, 0.1) is 15.2 Å². The molecule has 47 heavy (non-hydrogen) atoms. The maximum absolute atomic E-state index is 12.1. The Bertz CT molecular complexity index is 1820. The van der Waals surface area contributed by atoms with Crippen LogP contribution < -0.4 is 10.6 Å². The van der Waals surface area contributed by atoms with Crippen LogP contribution in [0.2, 0.25) is 0 Å². The van der Waals surface area contributed by atoms with Gasteiger partial charge in [0.15, 0.2) is 5.71 Å². The van der Waals surface area contributed by atoms with Gasteiger partial charge in [-0.2, -0.15) is 21.4 Å². The van der Waals surface area contributed by atoms with Crippen molar-refractivity contribution < 1.29 is 30.5 Å². The van der Waals surface area contributed by atoms with Crippen molar-refractivity contribution in [2.75, 3.05) is 24.5 Å². The van der Waals surface area contributed by atoms with Crippen molar-refractivity contribution in [3.63, 3.8) is 0 Å². The molecule has 2 aromatic carbocycles. The van der Waals surface area contributed by atoms with E-state index in [9.17, 15) is 25.9 Å². The Morgan fingerprint density at radius 3 is 2.09 bits per heavy atom. The molecular formula is C36H50N3O6S2+. The number of nitrogens with zero attached hydrogens (tertiary/aromatic N) is 2. The van der Waals surface area contributed by atoms with Gasteiger partial charge in [0.25, 0.3) is 20.2 Å². The minimum absolute atomic E-state index is 0.0978. The van der Waals surface area contributed by atoms with E-state index in [2.05, 4.69) is 56.2 Å². The number of benzene rings is 2. The Kier molecular flexibility index (Phi) is 11.4. The molecule has 2 aliphatic heterocycles. The van der Waals surface area contributed by atoms with Crippen molar-refractivity contribution in [3.05, 3.63) is 83.6 Å². The lowest BCUT2D eigenvalue weighted by Gasteiger charge is -2.30. The lowest BCUT2D eigenvalue weighted by molar-refractivity contribution is -0.437. The second-order valence-electron chi connectivity index (χ2n) is 13.2. The summed E-state index contributed by atoms with van der Waals surface area (Å²) >= 11 is 0. The molecule has 4 rings (SSSR count). The molecule has 0 radical (unpaired) electrons. The Hall–Kier alpha value is -3.09. The molecule has 0 amide bonds. The van der Waals surface area contributed by atoms with Crippen LogP contribution in [0.1, 0.15) is 90.7 Å². The van der Waals surface area contributed by atoms with E-state index in [0.29, 0.717) is 6.54 Å². The van der Waals surface area contributed by atoms with Gasteiger partial charge in [-0.05, 0) is 88.5 Å². The Labute approximate surface area is 281 Å². The van der Waals surface area contributed by atoms with Crippen LogP contribution in [0.4, 0.5) is 11.4 Å². The van der Waals surface area contributed by atoms with Crippen LogP contribution >= 0.6 is 0 Å². The molecule has 9 nitrogen and oxygen atoms in total. The predicted octanol–water partition coefficient (Wildman–Crippen LogP) is 7.06. The molecule has 2 aromatic rings. The predicted molar refractivity (Wildman–Crippen MR) is 189 cm³/mol. The number of unbranched alkanes of at least 4 members (excludes halogenated alkanes) is 3. The largest absolute Gasteiger partial charge is 0.344 e. The van der Waals surface area contributed by atoms with Gasteiger partial charge < -0.3 is 10.6 Å². The molecule has 4 N–H and O–H groups in total. The summed E-state index contributed by atoms with van der Waals surface area (Å²) in [4.78, 5) is 2.05. The fraction of sp³-hybridized carbons (Fsp3) is 0.472. The summed E-state index contributed by atoms with van der Waals surface area (Å²) in [7, 11) is -8.69. The molecule has 2 heterocycles. The fourth-order valence-electron chi connectivity index (χ4n) is 7.03. The molecule has 256 valence electrons. The molecule has 2 aliphatic rings. The molecule has 11 heteroatoms. The first-order valence-corrected chi connectivity index (χ1v) is 19.4. The smallest absolute Gasteiger partial charge is 0.294 e. The van der Waals surface area contributed by atoms with Crippen LogP contribution in [0, 0.1) is 0 Å². The zero-order valence-corrected chi connectivity index (χ0v) is 29.9. The summed E-state index contributed by atoms with van der Waals surface area (Å²) < 4.78 is 69.7. The molecule has 0 fully saturated rings.